The third-order valence-electron chi connectivity index (χ3n) is 1.59. The van der Waals surface area contributed by atoms with E-state index in [1.807, 2.05) is 0 Å². The maximum absolute atomic E-state index is 9.23. The van der Waals surface area contributed by atoms with Gasteiger partial charge in [0.25, 0.3) is 0 Å². The van der Waals surface area contributed by atoms with Gasteiger partial charge < -0.3 is 20.1 Å². The number of hydrogen-bond acceptors (Lipinski definition) is 4. The fourth-order valence-electron chi connectivity index (χ4n) is 0.866. The predicted molar refractivity (Wildman–Crippen MR) is 40.2 cm³/mol. The quantitative estimate of drug-likeness (QED) is 0.494. The van der Waals surface area contributed by atoms with E-state index in [1.54, 1.807) is 0 Å². The molecule has 0 rings (SSSR count). The number of hydrogen-bond donors (Lipinski definition) is 3. The van der Waals surface area contributed by atoms with Crippen molar-refractivity contribution >= 4 is 0 Å². The first-order valence-corrected chi connectivity index (χ1v) is 3.63. The van der Waals surface area contributed by atoms with Gasteiger partial charge in [0.2, 0.25) is 0 Å². The minimum atomic E-state index is -0.924. The summed E-state index contributed by atoms with van der Waals surface area (Å²) < 4.78 is 4.84. The molecule has 0 heterocycles. The number of aliphatic hydroxyl groups is 3. The van der Waals surface area contributed by atoms with Gasteiger partial charge in [0.1, 0.15) is 6.10 Å². The van der Waals surface area contributed by atoms with Gasteiger partial charge in [-0.25, -0.2) is 0 Å². The first-order chi connectivity index (χ1) is 5.13. The molecule has 0 aliphatic rings. The molecule has 0 radical (unpaired) electrons. The molecule has 0 aliphatic heterocycles. The molecule has 0 amide bonds. The molecule has 3 atom stereocenters. The Labute approximate surface area is 66.4 Å². The molecule has 68 valence electrons. The summed E-state index contributed by atoms with van der Waals surface area (Å²) in [7, 11) is 1.44. The van der Waals surface area contributed by atoms with E-state index >= 15 is 0 Å². The summed E-state index contributed by atoms with van der Waals surface area (Å²) in [6, 6.07) is 0. The van der Waals surface area contributed by atoms with E-state index in [0.29, 0.717) is 6.42 Å². The van der Waals surface area contributed by atoms with Crippen LogP contribution in [0.3, 0.4) is 0 Å². The zero-order valence-corrected chi connectivity index (χ0v) is 6.90. The van der Waals surface area contributed by atoms with Gasteiger partial charge in [-0.1, -0.05) is 0 Å². The molecular weight excluding hydrogens is 148 g/mol. The molecular formula is C7H16O4. The second kappa shape index (κ2) is 5.49. The van der Waals surface area contributed by atoms with Crippen LogP contribution in [0.1, 0.15) is 13.3 Å². The normalized spacial score (nSPS) is 19.4. The zero-order valence-electron chi connectivity index (χ0n) is 6.90. The smallest absolute Gasteiger partial charge is 0.106 e. The van der Waals surface area contributed by atoms with Crippen LogP contribution in [0.15, 0.2) is 0 Å². The molecule has 0 bridgehead atoms. The minimum absolute atomic E-state index is 0.0533. The Bertz CT molecular complexity index is 94.4. The van der Waals surface area contributed by atoms with Crippen LogP contribution in [-0.4, -0.2) is 47.3 Å². The van der Waals surface area contributed by atoms with Gasteiger partial charge in [-0.05, 0) is 13.3 Å². The van der Waals surface area contributed by atoms with Crippen molar-refractivity contribution in [3.05, 3.63) is 0 Å². The van der Waals surface area contributed by atoms with E-state index in [4.69, 9.17) is 14.9 Å². The number of ether oxygens (including phenoxy) is 1. The second-order valence-corrected chi connectivity index (χ2v) is 2.52. The Balaban J connectivity index is 3.81. The molecule has 0 aliphatic carbocycles. The van der Waals surface area contributed by atoms with Crippen LogP contribution in [0.25, 0.3) is 0 Å². The first kappa shape index (κ1) is 10.8. The molecule has 11 heavy (non-hydrogen) atoms. The lowest BCUT2D eigenvalue weighted by molar-refractivity contribution is -0.0760. The average molecular weight is 164 g/mol. The van der Waals surface area contributed by atoms with Gasteiger partial charge >= 0.3 is 0 Å². The Morgan fingerprint density at radius 3 is 2.18 bits per heavy atom. The summed E-state index contributed by atoms with van der Waals surface area (Å²) in [5.41, 5.74) is 0. The van der Waals surface area contributed by atoms with Gasteiger partial charge in [-0.3, -0.25) is 0 Å². The van der Waals surface area contributed by atoms with Crippen LogP contribution in [0.5, 0.6) is 0 Å². The Morgan fingerprint density at radius 2 is 1.91 bits per heavy atom. The highest BCUT2D eigenvalue weighted by Gasteiger charge is 2.22. The van der Waals surface area contributed by atoms with Crippen LogP contribution < -0.4 is 0 Å². The van der Waals surface area contributed by atoms with Gasteiger partial charge in [0.05, 0.1) is 12.2 Å². The highest BCUT2D eigenvalue weighted by Crippen LogP contribution is 2.06. The predicted octanol–water partition coefficient (Wildman–Crippen LogP) is -0.875. The van der Waals surface area contributed by atoms with Gasteiger partial charge in [-0.15, -0.1) is 0 Å². The van der Waals surface area contributed by atoms with Crippen LogP contribution in [0.2, 0.25) is 0 Å². The van der Waals surface area contributed by atoms with Crippen molar-refractivity contribution in [1.82, 2.24) is 0 Å². The summed E-state index contributed by atoms with van der Waals surface area (Å²) in [6.45, 7) is 1.43. The molecule has 0 fully saturated rings. The van der Waals surface area contributed by atoms with E-state index in [2.05, 4.69) is 0 Å². The molecule has 4 nitrogen and oxygen atoms in total. The van der Waals surface area contributed by atoms with Crippen molar-refractivity contribution in [3.63, 3.8) is 0 Å². The SMILES string of the molecule is CO[C@@H](CCO)[C@H](O)[C@@H](C)O. The van der Waals surface area contributed by atoms with Crippen LogP contribution >= 0.6 is 0 Å². The van der Waals surface area contributed by atoms with Crippen molar-refractivity contribution in [2.24, 2.45) is 0 Å². The Hall–Kier alpha value is -0.160. The summed E-state index contributed by atoms with van der Waals surface area (Å²) >= 11 is 0. The van der Waals surface area contributed by atoms with Crippen LogP contribution in [0.4, 0.5) is 0 Å². The molecule has 0 aromatic rings. The topological polar surface area (TPSA) is 69.9 Å². The lowest BCUT2D eigenvalue weighted by Gasteiger charge is -2.22. The number of aliphatic hydroxyl groups excluding tert-OH is 3. The van der Waals surface area contributed by atoms with Crippen molar-refractivity contribution in [2.45, 2.75) is 31.7 Å². The average Bonchev–Trinajstić information content (AvgIpc) is 1.98. The Kier molecular flexibility index (Phi) is 5.41. The van der Waals surface area contributed by atoms with E-state index in [1.165, 1.54) is 14.0 Å². The molecule has 3 N–H and O–H groups in total. The van der Waals surface area contributed by atoms with Crippen molar-refractivity contribution in [2.75, 3.05) is 13.7 Å². The lowest BCUT2D eigenvalue weighted by atomic mass is 10.1. The standard InChI is InChI=1S/C7H16O4/c1-5(9)7(10)6(11-2)3-4-8/h5-10H,3-4H2,1-2H3/t5-,6+,7-/m1/s1. The monoisotopic (exact) mass is 164 g/mol. The van der Waals surface area contributed by atoms with Crippen LogP contribution in [0, 0.1) is 0 Å². The largest absolute Gasteiger partial charge is 0.396 e. The molecule has 0 unspecified atom stereocenters. The molecule has 0 aromatic heterocycles. The fourth-order valence-corrected chi connectivity index (χ4v) is 0.866. The third-order valence-corrected chi connectivity index (χ3v) is 1.59. The summed E-state index contributed by atoms with van der Waals surface area (Å²) in [5.74, 6) is 0. The lowest BCUT2D eigenvalue weighted by Crippen LogP contribution is -2.37. The van der Waals surface area contributed by atoms with Gasteiger partial charge in [-0.2, -0.15) is 0 Å². The van der Waals surface area contributed by atoms with Gasteiger partial charge in [0, 0.05) is 13.7 Å². The zero-order chi connectivity index (χ0) is 8.85. The highest BCUT2D eigenvalue weighted by molar-refractivity contribution is 4.72. The summed E-state index contributed by atoms with van der Waals surface area (Å²) in [5, 5.41) is 26.7. The highest BCUT2D eigenvalue weighted by atomic mass is 16.5. The first-order valence-electron chi connectivity index (χ1n) is 3.63. The van der Waals surface area contributed by atoms with Crippen LogP contribution in [-0.2, 0) is 4.74 Å². The third kappa shape index (κ3) is 3.67. The maximum atomic E-state index is 9.23. The van der Waals surface area contributed by atoms with E-state index in [9.17, 15) is 5.11 Å². The fraction of sp³-hybridized carbons (Fsp3) is 1.00. The summed E-state index contributed by atoms with van der Waals surface area (Å²) in [4.78, 5) is 0. The Morgan fingerprint density at radius 1 is 1.36 bits per heavy atom. The van der Waals surface area contributed by atoms with E-state index in [0.717, 1.165) is 0 Å². The van der Waals surface area contributed by atoms with Crippen molar-refractivity contribution in [1.29, 1.82) is 0 Å². The summed E-state index contributed by atoms with van der Waals surface area (Å²) in [6.07, 6.45) is -1.90. The second-order valence-electron chi connectivity index (χ2n) is 2.52. The van der Waals surface area contributed by atoms with Crippen molar-refractivity contribution < 1.29 is 20.1 Å². The molecule has 0 saturated carbocycles. The molecule has 0 saturated heterocycles. The number of rotatable bonds is 5. The molecule has 4 heteroatoms. The van der Waals surface area contributed by atoms with E-state index in [-0.39, 0.29) is 6.61 Å². The molecule has 0 aromatic carbocycles. The minimum Gasteiger partial charge on any atom is -0.396 e. The number of methoxy groups -OCH3 is 1. The molecule has 0 spiro atoms. The van der Waals surface area contributed by atoms with E-state index < -0.39 is 18.3 Å². The van der Waals surface area contributed by atoms with Crippen molar-refractivity contribution in [3.8, 4) is 0 Å². The van der Waals surface area contributed by atoms with Gasteiger partial charge in [0.15, 0.2) is 0 Å². The maximum Gasteiger partial charge on any atom is 0.106 e.